The largest absolute Gasteiger partial charge is 0.493 e. The Balaban J connectivity index is 1.53. The molecule has 1 aliphatic rings. The van der Waals surface area contributed by atoms with E-state index < -0.39 is 10.0 Å². The Labute approximate surface area is 167 Å². The van der Waals surface area contributed by atoms with Crippen LogP contribution in [0.2, 0.25) is 0 Å². The fraction of sp³-hybridized carbons (Fsp3) is 0.500. The van der Waals surface area contributed by atoms with Gasteiger partial charge in [0.15, 0.2) is 0 Å². The maximum atomic E-state index is 12.7. The van der Waals surface area contributed by atoms with Crippen LogP contribution < -0.4 is 14.4 Å². The molecule has 1 N–H and O–H groups in total. The molecule has 0 spiro atoms. The summed E-state index contributed by atoms with van der Waals surface area (Å²) in [6.07, 6.45) is 7.87. The van der Waals surface area contributed by atoms with Crippen molar-refractivity contribution >= 4 is 15.8 Å². The summed E-state index contributed by atoms with van der Waals surface area (Å²) in [5.74, 6) is 1.93. The highest BCUT2D eigenvalue weighted by Crippen LogP contribution is 2.23. The first kappa shape index (κ1) is 20.5. The van der Waals surface area contributed by atoms with Gasteiger partial charge in [-0.2, -0.15) is 0 Å². The topological polar surface area (TPSA) is 84.4 Å². The number of nitrogens with zero attached hydrogens (tertiary/aromatic N) is 3. The van der Waals surface area contributed by atoms with Crippen LogP contribution in [0.3, 0.4) is 0 Å². The van der Waals surface area contributed by atoms with Crippen molar-refractivity contribution in [2.24, 2.45) is 5.92 Å². The number of hydrogen-bond donors (Lipinski definition) is 1. The molecule has 0 bridgehead atoms. The van der Waals surface area contributed by atoms with Crippen LogP contribution in [0.25, 0.3) is 0 Å². The van der Waals surface area contributed by atoms with Crippen molar-refractivity contribution in [3.63, 3.8) is 0 Å². The molecule has 1 saturated heterocycles. The zero-order valence-corrected chi connectivity index (χ0v) is 17.3. The summed E-state index contributed by atoms with van der Waals surface area (Å²) in [6, 6.07) is 5.01. The Morgan fingerprint density at radius 1 is 1.25 bits per heavy atom. The fourth-order valence-electron chi connectivity index (χ4n) is 3.29. The van der Waals surface area contributed by atoms with Gasteiger partial charge >= 0.3 is 0 Å². The van der Waals surface area contributed by atoms with Crippen molar-refractivity contribution in [1.82, 2.24) is 14.7 Å². The van der Waals surface area contributed by atoms with Gasteiger partial charge in [-0.3, -0.25) is 4.98 Å². The summed E-state index contributed by atoms with van der Waals surface area (Å²) >= 11 is 0. The highest BCUT2D eigenvalue weighted by molar-refractivity contribution is 7.89. The predicted octanol–water partition coefficient (Wildman–Crippen LogP) is 2.77. The average molecular weight is 405 g/mol. The molecule has 0 saturated carbocycles. The summed E-state index contributed by atoms with van der Waals surface area (Å²) in [6.45, 7) is 6.69. The SMILES string of the molecule is CCCOc1ccc(S(=O)(=O)NCC2CCN(c3cnccn3)CC2)cc1C. The van der Waals surface area contributed by atoms with Crippen molar-refractivity contribution in [3.05, 3.63) is 42.4 Å². The molecule has 1 aromatic heterocycles. The number of hydrogen-bond acceptors (Lipinski definition) is 6. The molecule has 0 atom stereocenters. The average Bonchev–Trinajstić information content (AvgIpc) is 2.72. The van der Waals surface area contributed by atoms with E-state index >= 15 is 0 Å². The van der Waals surface area contributed by atoms with Crippen LogP contribution in [-0.2, 0) is 10.0 Å². The van der Waals surface area contributed by atoms with E-state index in [4.69, 9.17) is 4.74 Å². The Kier molecular flexibility index (Phi) is 6.85. The second-order valence-electron chi connectivity index (χ2n) is 7.12. The lowest BCUT2D eigenvalue weighted by Crippen LogP contribution is -2.39. The standard InChI is InChI=1S/C20H28N4O3S/c1-3-12-27-19-5-4-18(13-16(19)2)28(25,26)23-14-17-6-10-24(11-7-17)20-15-21-8-9-22-20/h4-5,8-9,13,15,17,23H,3,6-7,10-12,14H2,1-2H3. The second kappa shape index (κ2) is 9.34. The van der Waals surface area contributed by atoms with E-state index in [-0.39, 0.29) is 4.90 Å². The number of anilines is 1. The molecule has 0 aliphatic carbocycles. The van der Waals surface area contributed by atoms with Gasteiger partial charge in [0, 0.05) is 32.0 Å². The smallest absolute Gasteiger partial charge is 0.240 e. The molecular formula is C20H28N4O3S. The maximum Gasteiger partial charge on any atom is 0.240 e. The molecule has 8 heteroatoms. The molecule has 7 nitrogen and oxygen atoms in total. The normalized spacial score (nSPS) is 15.6. The van der Waals surface area contributed by atoms with Gasteiger partial charge in [0.05, 0.1) is 17.7 Å². The van der Waals surface area contributed by atoms with Gasteiger partial charge < -0.3 is 9.64 Å². The first-order chi connectivity index (χ1) is 13.5. The number of rotatable bonds is 8. The molecule has 152 valence electrons. The van der Waals surface area contributed by atoms with Crippen LogP contribution >= 0.6 is 0 Å². The van der Waals surface area contributed by atoms with Crippen molar-refractivity contribution in [2.75, 3.05) is 31.1 Å². The zero-order chi connectivity index (χ0) is 20.0. The minimum Gasteiger partial charge on any atom is -0.493 e. The van der Waals surface area contributed by atoms with Crippen molar-refractivity contribution in [2.45, 2.75) is 38.0 Å². The molecule has 1 aromatic carbocycles. The summed E-state index contributed by atoms with van der Waals surface area (Å²) in [5.41, 5.74) is 0.827. The third kappa shape index (κ3) is 5.20. The molecule has 2 heterocycles. The summed E-state index contributed by atoms with van der Waals surface area (Å²) in [5, 5.41) is 0. The maximum absolute atomic E-state index is 12.7. The van der Waals surface area contributed by atoms with Gasteiger partial charge in [-0.1, -0.05) is 6.92 Å². The molecule has 28 heavy (non-hydrogen) atoms. The number of aromatic nitrogens is 2. The minimum absolute atomic E-state index is 0.283. The third-order valence-electron chi connectivity index (χ3n) is 4.97. The van der Waals surface area contributed by atoms with E-state index in [0.29, 0.717) is 19.1 Å². The summed E-state index contributed by atoms with van der Waals surface area (Å²) in [7, 11) is -3.53. The molecule has 0 amide bonds. The van der Waals surface area contributed by atoms with E-state index in [0.717, 1.165) is 49.5 Å². The quantitative estimate of drug-likeness (QED) is 0.728. The van der Waals surface area contributed by atoms with Gasteiger partial charge in [-0.05, 0) is 55.9 Å². The molecule has 0 radical (unpaired) electrons. The molecule has 1 fully saturated rings. The Hall–Kier alpha value is -2.19. The van der Waals surface area contributed by atoms with E-state index in [9.17, 15) is 8.42 Å². The van der Waals surface area contributed by atoms with E-state index in [1.54, 1.807) is 36.8 Å². The predicted molar refractivity (Wildman–Crippen MR) is 109 cm³/mol. The van der Waals surface area contributed by atoms with Crippen molar-refractivity contribution < 1.29 is 13.2 Å². The van der Waals surface area contributed by atoms with Crippen LogP contribution in [0.4, 0.5) is 5.82 Å². The molecule has 1 aliphatic heterocycles. The molecular weight excluding hydrogens is 376 g/mol. The third-order valence-corrected chi connectivity index (χ3v) is 6.39. The Bertz CT molecular complexity index is 866. The highest BCUT2D eigenvalue weighted by Gasteiger charge is 2.23. The number of nitrogens with one attached hydrogen (secondary N) is 1. The summed E-state index contributed by atoms with van der Waals surface area (Å²) in [4.78, 5) is 10.9. The van der Waals surface area contributed by atoms with E-state index in [1.807, 2.05) is 13.8 Å². The van der Waals surface area contributed by atoms with Crippen LogP contribution in [0.15, 0.2) is 41.7 Å². The number of sulfonamides is 1. The minimum atomic E-state index is -3.53. The Morgan fingerprint density at radius 3 is 2.68 bits per heavy atom. The first-order valence-corrected chi connectivity index (χ1v) is 11.2. The molecule has 3 rings (SSSR count). The molecule has 2 aromatic rings. The van der Waals surface area contributed by atoms with Gasteiger partial charge in [0.2, 0.25) is 10.0 Å². The number of aryl methyl sites for hydroxylation is 1. The van der Waals surface area contributed by atoms with Crippen molar-refractivity contribution in [1.29, 1.82) is 0 Å². The van der Waals surface area contributed by atoms with Crippen LogP contribution in [0.5, 0.6) is 5.75 Å². The fourth-order valence-corrected chi connectivity index (χ4v) is 4.50. The second-order valence-corrected chi connectivity index (χ2v) is 8.89. The lowest BCUT2D eigenvalue weighted by molar-refractivity contribution is 0.315. The van der Waals surface area contributed by atoms with Gasteiger partial charge in [0.25, 0.3) is 0 Å². The Morgan fingerprint density at radius 2 is 2.04 bits per heavy atom. The van der Waals surface area contributed by atoms with Crippen LogP contribution in [0, 0.1) is 12.8 Å². The van der Waals surface area contributed by atoms with E-state index in [2.05, 4.69) is 19.6 Å². The van der Waals surface area contributed by atoms with Gasteiger partial charge in [-0.15, -0.1) is 0 Å². The lowest BCUT2D eigenvalue weighted by atomic mass is 9.97. The zero-order valence-electron chi connectivity index (χ0n) is 16.5. The number of benzene rings is 1. The van der Waals surface area contributed by atoms with E-state index in [1.165, 1.54) is 0 Å². The lowest BCUT2D eigenvalue weighted by Gasteiger charge is -2.32. The monoisotopic (exact) mass is 404 g/mol. The van der Waals surface area contributed by atoms with Crippen molar-refractivity contribution in [3.8, 4) is 5.75 Å². The van der Waals surface area contributed by atoms with Gasteiger partial charge in [-0.25, -0.2) is 18.1 Å². The van der Waals surface area contributed by atoms with Crippen LogP contribution in [0.1, 0.15) is 31.7 Å². The first-order valence-electron chi connectivity index (χ1n) is 9.73. The number of ether oxygens (including phenoxy) is 1. The van der Waals surface area contributed by atoms with Crippen LogP contribution in [-0.4, -0.2) is 44.6 Å². The highest BCUT2D eigenvalue weighted by atomic mass is 32.2. The number of piperidine rings is 1. The van der Waals surface area contributed by atoms with Gasteiger partial charge in [0.1, 0.15) is 11.6 Å². The summed E-state index contributed by atoms with van der Waals surface area (Å²) < 4.78 is 33.7. The molecule has 0 unspecified atom stereocenters.